The van der Waals surface area contributed by atoms with Crippen molar-refractivity contribution >= 4 is 47.1 Å². The fourth-order valence-electron chi connectivity index (χ4n) is 4.52. The Morgan fingerprint density at radius 2 is 1.61 bits per heavy atom. The average molecular weight is 616 g/mol. The Morgan fingerprint density at radius 1 is 0.977 bits per heavy atom. The molecule has 3 atom stereocenters. The Morgan fingerprint density at radius 3 is 2.20 bits per heavy atom. The van der Waals surface area contributed by atoms with Crippen LogP contribution in [0.3, 0.4) is 0 Å². The number of amides is 4. The second-order valence-corrected chi connectivity index (χ2v) is 12.1. The van der Waals surface area contributed by atoms with Crippen molar-refractivity contribution in [3.8, 4) is 0 Å². The van der Waals surface area contributed by atoms with Gasteiger partial charge in [-0.3, -0.25) is 23.7 Å². The molecule has 0 bridgehead atoms. The van der Waals surface area contributed by atoms with E-state index in [0.717, 1.165) is 6.42 Å². The number of benzene rings is 1. The third-order valence-corrected chi connectivity index (χ3v) is 6.56. The highest BCUT2D eigenvalue weighted by atomic mass is 16.6. The van der Waals surface area contributed by atoms with Gasteiger partial charge >= 0.3 is 12.1 Å². The number of carboxylic acids is 1. The smallest absolute Gasteiger partial charge is 0.408 e. The van der Waals surface area contributed by atoms with Gasteiger partial charge in [0.2, 0.25) is 24.1 Å². The van der Waals surface area contributed by atoms with Crippen molar-refractivity contribution in [2.45, 2.75) is 97.4 Å². The maximum absolute atomic E-state index is 13.6. The highest BCUT2D eigenvalue weighted by molar-refractivity contribution is 5.95. The van der Waals surface area contributed by atoms with Crippen LogP contribution in [0.25, 0.3) is 10.9 Å². The first-order chi connectivity index (χ1) is 20.6. The zero-order valence-corrected chi connectivity index (χ0v) is 26.3. The number of para-hydroxylation sites is 1. The van der Waals surface area contributed by atoms with Crippen molar-refractivity contribution in [2.75, 3.05) is 6.54 Å². The normalized spacial score (nSPS) is 13.4. The Hall–Kier alpha value is -4.42. The van der Waals surface area contributed by atoms with Crippen molar-refractivity contribution in [2.24, 2.45) is 5.92 Å². The van der Waals surface area contributed by atoms with Gasteiger partial charge in [-0.05, 0) is 51.2 Å². The molecule has 13 heteroatoms. The third kappa shape index (κ3) is 11.3. The van der Waals surface area contributed by atoms with Crippen LogP contribution in [-0.4, -0.2) is 76.1 Å². The van der Waals surface area contributed by atoms with Crippen molar-refractivity contribution in [3.05, 3.63) is 36.0 Å². The lowest BCUT2D eigenvalue weighted by Gasteiger charge is -2.26. The highest BCUT2D eigenvalue weighted by Crippen LogP contribution is 2.22. The fourth-order valence-corrected chi connectivity index (χ4v) is 4.52. The van der Waals surface area contributed by atoms with E-state index in [1.165, 1.54) is 10.8 Å². The Kier molecular flexibility index (Phi) is 13.4. The van der Waals surface area contributed by atoms with E-state index in [4.69, 9.17) is 4.74 Å². The molecule has 2 rings (SSSR count). The second kappa shape index (κ2) is 16.4. The number of carboxylic acid groups (broad SMARTS) is 1. The largest absolute Gasteiger partial charge is 0.480 e. The number of unbranched alkanes of at least 4 members (excludes halogenated alkanes) is 1. The number of carbonyl (C=O) groups is 6. The van der Waals surface area contributed by atoms with Crippen molar-refractivity contribution in [1.82, 2.24) is 25.8 Å². The predicted molar refractivity (Wildman–Crippen MR) is 164 cm³/mol. The minimum atomic E-state index is -1.56. The van der Waals surface area contributed by atoms with Crippen LogP contribution in [0.1, 0.15) is 72.8 Å². The molecule has 1 heterocycles. The van der Waals surface area contributed by atoms with Crippen LogP contribution in [0.2, 0.25) is 0 Å². The summed E-state index contributed by atoms with van der Waals surface area (Å²) < 4.78 is 6.66. The summed E-state index contributed by atoms with van der Waals surface area (Å²) in [5, 5.41) is 20.7. The molecule has 0 aliphatic carbocycles. The Balaban J connectivity index is 2.39. The van der Waals surface area contributed by atoms with Crippen molar-refractivity contribution < 1.29 is 38.6 Å². The number of aliphatic carboxylic acids is 1. The summed E-state index contributed by atoms with van der Waals surface area (Å²) in [6.45, 7) is 11.1. The number of alkyl carbamates (subject to hydrolysis) is 1. The average Bonchev–Trinajstić information content (AvgIpc) is 3.28. The molecular formula is C31H45N5O8. The first kappa shape index (κ1) is 35.8. The summed E-state index contributed by atoms with van der Waals surface area (Å²) in [5.41, 5.74) is 0.310. The van der Waals surface area contributed by atoms with Gasteiger partial charge in [0, 0.05) is 24.5 Å². The van der Waals surface area contributed by atoms with Gasteiger partial charge < -0.3 is 31.1 Å². The summed E-state index contributed by atoms with van der Waals surface area (Å²) in [6, 6.07) is 3.03. The molecule has 0 spiro atoms. The molecule has 242 valence electrons. The van der Waals surface area contributed by atoms with E-state index < -0.39 is 59.9 Å². The van der Waals surface area contributed by atoms with Gasteiger partial charge in [-0.25, -0.2) is 9.59 Å². The number of nitrogens with one attached hydrogen (secondary N) is 4. The molecule has 0 unspecified atom stereocenters. The summed E-state index contributed by atoms with van der Waals surface area (Å²) in [4.78, 5) is 75.7. The van der Waals surface area contributed by atoms with Crippen LogP contribution >= 0.6 is 0 Å². The minimum Gasteiger partial charge on any atom is -0.480 e. The van der Waals surface area contributed by atoms with Gasteiger partial charge in [0.1, 0.15) is 23.7 Å². The number of rotatable bonds is 16. The highest BCUT2D eigenvalue weighted by Gasteiger charge is 2.32. The molecule has 5 N–H and O–H groups in total. The van der Waals surface area contributed by atoms with Gasteiger partial charge in [0.25, 0.3) is 0 Å². The maximum Gasteiger partial charge on any atom is 0.408 e. The number of fused-ring (bicyclic) bond motifs is 1. The Bertz CT molecular complexity index is 1330. The third-order valence-electron chi connectivity index (χ3n) is 6.56. The molecule has 0 aliphatic heterocycles. The SMILES string of the molecule is CCCCNC(=O)C[C@H](NC(=O)[C@@H](Cc1cn(C=O)c2ccccc12)NC(=O)[C@H](CC(C)C)NC(=O)OC(C)(C)C)C(=O)O. The van der Waals surface area contributed by atoms with E-state index in [-0.39, 0.29) is 18.8 Å². The lowest BCUT2D eigenvalue weighted by molar-refractivity contribution is -0.144. The van der Waals surface area contributed by atoms with Gasteiger partial charge in [-0.15, -0.1) is 0 Å². The number of ether oxygens (including phenoxy) is 1. The number of carbonyl (C=O) groups excluding carboxylic acids is 5. The van der Waals surface area contributed by atoms with Crippen LogP contribution in [0.5, 0.6) is 0 Å². The first-order valence-corrected chi connectivity index (χ1v) is 14.8. The number of aromatic nitrogens is 1. The molecule has 13 nitrogen and oxygen atoms in total. The Labute approximate surface area is 257 Å². The molecule has 0 radical (unpaired) electrons. The van der Waals surface area contributed by atoms with E-state index >= 15 is 0 Å². The van der Waals surface area contributed by atoms with Gasteiger partial charge in [0.15, 0.2) is 0 Å². The molecule has 1 aromatic heterocycles. The second-order valence-electron chi connectivity index (χ2n) is 12.1. The lowest BCUT2D eigenvalue weighted by atomic mass is 10.0. The molecule has 44 heavy (non-hydrogen) atoms. The first-order valence-electron chi connectivity index (χ1n) is 14.8. The van der Waals surface area contributed by atoms with E-state index in [1.54, 1.807) is 45.0 Å². The minimum absolute atomic E-state index is 0.0267. The summed E-state index contributed by atoms with van der Waals surface area (Å²) in [6.07, 6.45) is 2.48. The summed E-state index contributed by atoms with van der Waals surface area (Å²) >= 11 is 0. The summed E-state index contributed by atoms with van der Waals surface area (Å²) in [5.74, 6) is -3.53. The monoisotopic (exact) mass is 615 g/mol. The van der Waals surface area contributed by atoms with Crippen molar-refractivity contribution in [3.63, 3.8) is 0 Å². The van der Waals surface area contributed by atoms with E-state index in [2.05, 4.69) is 21.3 Å². The molecule has 0 saturated heterocycles. The molecule has 1 aromatic carbocycles. The molecule has 4 amide bonds. The predicted octanol–water partition coefficient (Wildman–Crippen LogP) is 2.52. The molecule has 2 aromatic rings. The lowest BCUT2D eigenvalue weighted by Crippen LogP contribution is -2.57. The van der Waals surface area contributed by atoms with Crippen molar-refractivity contribution in [1.29, 1.82) is 0 Å². The van der Waals surface area contributed by atoms with Crippen LogP contribution in [0.4, 0.5) is 4.79 Å². The molecule has 0 saturated carbocycles. The topological polar surface area (TPSA) is 185 Å². The van der Waals surface area contributed by atoms with Gasteiger partial charge in [-0.2, -0.15) is 0 Å². The van der Waals surface area contributed by atoms with Gasteiger partial charge in [-0.1, -0.05) is 45.4 Å². The quantitative estimate of drug-likeness (QED) is 0.141. The van der Waals surface area contributed by atoms with Crippen LogP contribution in [0.15, 0.2) is 30.5 Å². The molecule has 0 aliphatic rings. The number of hydrogen-bond donors (Lipinski definition) is 5. The zero-order valence-electron chi connectivity index (χ0n) is 26.3. The van der Waals surface area contributed by atoms with Crippen LogP contribution in [-0.2, 0) is 35.1 Å². The van der Waals surface area contributed by atoms with Gasteiger partial charge in [0.05, 0.1) is 11.9 Å². The van der Waals surface area contributed by atoms with Crippen LogP contribution in [0, 0.1) is 5.92 Å². The van der Waals surface area contributed by atoms with E-state index in [9.17, 15) is 33.9 Å². The summed E-state index contributed by atoms with van der Waals surface area (Å²) in [7, 11) is 0. The standard InChI is InChI=1S/C31H45N5O8/c1-7-8-13-32-26(38)16-24(29(41)42)34-28(40)23(15-20-17-36(18-37)25-12-10-9-11-21(20)25)33-27(39)22(14-19(2)3)35-30(43)44-31(4,5)6/h9-12,17-19,22-24H,7-8,13-16H2,1-6H3,(H,32,38)(H,33,39)(H,34,40)(H,35,43)(H,41,42)/t22-,23+,24-/m0/s1. The molecule has 0 fully saturated rings. The zero-order chi connectivity index (χ0) is 33.0. The maximum atomic E-state index is 13.6. The van der Waals surface area contributed by atoms with E-state index in [1.807, 2.05) is 20.8 Å². The van der Waals surface area contributed by atoms with E-state index in [0.29, 0.717) is 35.8 Å². The number of hydrogen-bond acceptors (Lipinski definition) is 7. The molecular weight excluding hydrogens is 570 g/mol. The number of nitrogens with zero attached hydrogens (tertiary/aromatic N) is 1. The fraction of sp³-hybridized carbons (Fsp3) is 0.548. The van der Waals surface area contributed by atoms with Crippen LogP contribution < -0.4 is 21.3 Å².